The Morgan fingerprint density at radius 1 is 0.542 bits per heavy atom. The van der Waals surface area contributed by atoms with Crippen molar-refractivity contribution in [2.45, 2.75) is 95.3 Å². The lowest BCUT2D eigenvalue weighted by Crippen LogP contribution is -2.29. The first-order chi connectivity index (χ1) is 23.5. The molecular formula is C47H49N. The summed E-state index contributed by atoms with van der Waals surface area (Å²) in [5, 5.41) is 0. The van der Waals surface area contributed by atoms with Gasteiger partial charge in [-0.3, -0.25) is 0 Å². The summed E-state index contributed by atoms with van der Waals surface area (Å²) < 4.78 is 0. The average molecular weight is 628 g/mol. The molecule has 1 heteroatoms. The van der Waals surface area contributed by atoms with Gasteiger partial charge in [-0.1, -0.05) is 125 Å². The SMILES string of the molecule is CC1(C)c2ccccc2-c2c(-c3ccccc3)cc(N(c3ccc(C4CCCCC4)cc3)c3ccc(C4CC5CCC4CC5)cc3)cc21. The highest BCUT2D eigenvalue weighted by molar-refractivity contribution is 5.96. The normalized spacial score (nSPS) is 22.7. The Hall–Kier alpha value is -4.10. The maximum absolute atomic E-state index is 2.53. The molecule has 5 aromatic rings. The molecule has 5 aliphatic carbocycles. The van der Waals surface area contributed by atoms with Gasteiger partial charge in [-0.15, -0.1) is 0 Å². The zero-order chi connectivity index (χ0) is 32.2. The van der Waals surface area contributed by atoms with Crippen LogP contribution in [0.1, 0.15) is 112 Å². The van der Waals surface area contributed by atoms with E-state index in [1.165, 1.54) is 120 Å². The number of hydrogen-bond acceptors (Lipinski definition) is 1. The number of rotatable bonds is 6. The second-order valence-corrected chi connectivity index (χ2v) is 15.9. The molecule has 10 rings (SSSR count). The average Bonchev–Trinajstić information content (AvgIpc) is 3.39. The molecule has 242 valence electrons. The lowest BCUT2D eigenvalue weighted by molar-refractivity contribution is 0.145. The third-order valence-corrected chi connectivity index (χ3v) is 12.9. The van der Waals surface area contributed by atoms with Gasteiger partial charge in [0.25, 0.3) is 0 Å². The first kappa shape index (κ1) is 30.0. The van der Waals surface area contributed by atoms with Gasteiger partial charge in [-0.05, 0) is 137 Å². The minimum absolute atomic E-state index is 0.0911. The van der Waals surface area contributed by atoms with Gasteiger partial charge in [0, 0.05) is 22.5 Å². The number of nitrogens with zero attached hydrogens (tertiary/aromatic N) is 1. The van der Waals surface area contributed by atoms with Crippen molar-refractivity contribution in [3.8, 4) is 22.3 Å². The fraction of sp³-hybridized carbons (Fsp3) is 0.362. The minimum atomic E-state index is -0.0911. The van der Waals surface area contributed by atoms with Gasteiger partial charge < -0.3 is 4.90 Å². The van der Waals surface area contributed by atoms with Crippen molar-refractivity contribution >= 4 is 17.1 Å². The van der Waals surface area contributed by atoms with E-state index < -0.39 is 0 Å². The summed E-state index contributed by atoms with van der Waals surface area (Å²) in [5.41, 5.74) is 14.9. The van der Waals surface area contributed by atoms with Crippen molar-refractivity contribution in [2.24, 2.45) is 11.8 Å². The molecule has 0 saturated heterocycles. The second-order valence-electron chi connectivity index (χ2n) is 15.9. The standard InChI is InChI=1S/C47H49N/c1-47(2)44-16-10-9-15-41(44)46-43(35-13-7-4-8-14-35)30-40(31-45(46)47)48(38-25-21-34(22-26-38)33-11-5-3-6-12-33)39-27-23-37(24-28-39)42-29-32-17-19-36(42)20-18-32/h4,7-10,13-16,21-28,30-33,36,42H,3,5-6,11-12,17-20,29H2,1-2H3. The van der Waals surface area contributed by atoms with Crippen LogP contribution < -0.4 is 4.90 Å². The summed E-state index contributed by atoms with van der Waals surface area (Å²) in [6.07, 6.45) is 13.9. The second kappa shape index (κ2) is 12.1. The molecule has 4 fully saturated rings. The molecule has 0 aromatic heterocycles. The molecule has 4 saturated carbocycles. The van der Waals surface area contributed by atoms with E-state index in [1.807, 2.05) is 0 Å². The van der Waals surface area contributed by atoms with Gasteiger partial charge in [-0.25, -0.2) is 0 Å². The van der Waals surface area contributed by atoms with Gasteiger partial charge >= 0.3 is 0 Å². The summed E-state index contributed by atoms with van der Waals surface area (Å²) in [6.45, 7) is 4.82. The molecule has 5 aliphatic rings. The van der Waals surface area contributed by atoms with Gasteiger partial charge in [-0.2, -0.15) is 0 Å². The molecule has 0 N–H and O–H groups in total. The summed E-state index contributed by atoms with van der Waals surface area (Å²) >= 11 is 0. The van der Waals surface area contributed by atoms with Crippen LogP contribution in [0.5, 0.6) is 0 Å². The molecule has 0 spiro atoms. The monoisotopic (exact) mass is 627 g/mol. The molecule has 0 radical (unpaired) electrons. The van der Waals surface area contributed by atoms with Gasteiger partial charge in [0.15, 0.2) is 0 Å². The Labute approximate surface area is 288 Å². The highest BCUT2D eigenvalue weighted by atomic mass is 15.1. The van der Waals surface area contributed by atoms with Crippen LogP contribution in [0.15, 0.2) is 115 Å². The molecule has 1 nitrogen and oxygen atoms in total. The van der Waals surface area contributed by atoms with Crippen molar-refractivity contribution < 1.29 is 0 Å². The fourth-order valence-corrected chi connectivity index (χ4v) is 10.2. The van der Waals surface area contributed by atoms with Crippen LogP contribution in [0.4, 0.5) is 17.1 Å². The Balaban J connectivity index is 1.19. The van der Waals surface area contributed by atoms with Crippen LogP contribution in [0.25, 0.3) is 22.3 Å². The zero-order valence-electron chi connectivity index (χ0n) is 28.8. The quantitative estimate of drug-likeness (QED) is 0.181. The first-order valence-corrected chi connectivity index (χ1v) is 18.9. The van der Waals surface area contributed by atoms with E-state index in [1.54, 1.807) is 5.56 Å². The van der Waals surface area contributed by atoms with Gasteiger partial charge in [0.05, 0.1) is 0 Å². The molecule has 2 bridgehead atoms. The van der Waals surface area contributed by atoms with E-state index >= 15 is 0 Å². The highest BCUT2D eigenvalue weighted by Gasteiger charge is 2.38. The van der Waals surface area contributed by atoms with Gasteiger partial charge in [0.2, 0.25) is 0 Å². The van der Waals surface area contributed by atoms with Crippen LogP contribution >= 0.6 is 0 Å². The van der Waals surface area contributed by atoms with Gasteiger partial charge in [0.1, 0.15) is 0 Å². The topological polar surface area (TPSA) is 3.24 Å². The Kier molecular flexibility index (Phi) is 7.56. The smallest absolute Gasteiger partial charge is 0.0471 e. The molecule has 1 atom stereocenters. The van der Waals surface area contributed by atoms with Crippen LogP contribution in [0.3, 0.4) is 0 Å². The maximum Gasteiger partial charge on any atom is 0.0471 e. The molecular weight excluding hydrogens is 579 g/mol. The van der Waals surface area contributed by atoms with Crippen LogP contribution in [-0.4, -0.2) is 0 Å². The lowest BCUT2D eigenvalue weighted by atomic mass is 9.63. The van der Waals surface area contributed by atoms with E-state index in [0.717, 1.165) is 17.8 Å². The molecule has 5 aromatic carbocycles. The fourth-order valence-electron chi connectivity index (χ4n) is 10.2. The summed E-state index contributed by atoms with van der Waals surface area (Å²) in [6, 6.07) is 44.5. The van der Waals surface area contributed by atoms with E-state index in [2.05, 4.69) is 134 Å². The minimum Gasteiger partial charge on any atom is -0.310 e. The van der Waals surface area contributed by atoms with Crippen LogP contribution in [0, 0.1) is 11.8 Å². The first-order valence-electron chi connectivity index (χ1n) is 18.9. The number of anilines is 3. The van der Waals surface area contributed by atoms with E-state index in [0.29, 0.717) is 5.92 Å². The largest absolute Gasteiger partial charge is 0.310 e. The zero-order valence-corrected chi connectivity index (χ0v) is 28.8. The van der Waals surface area contributed by atoms with Crippen molar-refractivity contribution in [1.82, 2.24) is 0 Å². The van der Waals surface area contributed by atoms with E-state index in [-0.39, 0.29) is 5.41 Å². The Bertz CT molecular complexity index is 1900. The molecule has 0 aliphatic heterocycles. The Morgan fingerprint density at radius 3 is 1.85 bits per heavy atom. The van der Waals surface area contributed by atoms with E-state index in [9.17, 15) is 0 Å². The number of hydrogen-bond donors (Lipinski definition) is 0. The van der Waals surface area contributed by atoms with E-state index in [4.69, 9.17) is 0 Å². The predicted octanol–water partition coefficient (Wildman–Crippen LogP) is 13.5. The van der Waals surface area contributed by atoms with Crippen molar-refractivity contribution in [2.75, 3.05) is 4.90 Å². The number of fused-ring (bicyclic) bond motifs is 6. The third kappa shape index (κ3) is 5.13. The number of benzene rings is 5. The highest BCUT2D eigenvalue weighted by Crippen LogP contribution is 2.55. The van der Waals surface area contributed by atoms with Crippen LogP contribution in [0.2, 0.25) is 0 Å². The molecule has 0 heterocycles. The van der Waals surface area contributed by atoms with Crippen LogP contribution in [-0.2, 0) is 5.41 Å². The maximum atomic E-state index is 2.53. The molecule has 48 heavy (non-hydrogen) atoms. The van der Waals surface area contributed by atoms with Crippen molar-refractivity contribution in [3.63, 3.8) is 0 Å². The summed E-state index contributed by atoms with van der Waals surface area (Å²) in [4.78, 5) is 2.53. The third-order valence-electron chi connectivity index (χ3n) is 12.9. The summed E-state index contributed by atoms with van der Waals surface area (Å²) in [5.74, 6) is 3.25. The van der Waals surface area contributed by atoms with Crippen molar-refractivity contribution in [3.05, 3.63) is 138 Å². The van der Waals surface area contributed by atoms with Crippen molar-refractivity contribution in [1.29, 1.82) is 0 Å². The lowest BCUT2D eigenvalue weighted by Gasteiger charge is -2.42. The Morgan fingerprint density at radius 2 is 1.19 bits per heavy atom. The molecule has 0 amide bonds. The predicted molar refractivity (Wildman–Crippen MR) is 203 cm³/mol. The summed E-state index contributed by atoms with van der Waals surface area (Å²) in [7, 11) is 0. The molecule has 1 unspecified atom stereocenters.